The fraction of sp³-hybridized carbons (Fsp3) is 0.471. The molecule has 122 valence electrons. The molecule has 0 spiro atoms. The summed E-state index contributed by atoms with van der Waals surface area (Å²) in [4.78, 5) is 16.4. The van der Waals surface area contributed by atoms with E-state index in [1.807, 2.05) is 31.3 Å². The van der Waals surface area contributed by atoms with Crippen molar-refractivity contribution in [2.24, 2.45) is 11.8 Å². The molecule has 3 rings (SSSR count). The van der Waals surface area contributed by atoms with Crippen LogP contribution in [0, 0.1) is 11.8 Å². The van der Waals surface area contributed by atoms with Crippen LogP contribution in [0.25, 0.3) is 11.5 Å². The van der Waals surface area contributed by atoms with Crippen LogP contribution in [-0.2, 0) is 11.2 Å². The van der Waals surface area contributed by atoms with Gasteiger partial charge in [0.05, 0.1) is 0 Å². The van der Waals surface area contributed by atoms with Crippen molar-refractivity contribution in [3.8, 4) is 11.5 Å². The molecule has 1 aromatic heterocycles. The number of likely N-dealkylation sites (N-methyl/N-ethyl adjacent to an activating group) is 1. The molecule has 0 radical (unpaired) electrons. The van der Waals surface area contributed by atoms with E-state index < -0.39 is 0 Å². The first kappa shape index (κ1) is 15.7. The quantitative estimate of drug-likeness (QED) is 0.856. The molecule has 1 saturated carbocycles. The molecule has 0 bridgehead atoms. The van der Waals surface area contributed by atoms with E-state index in [1.165, 1.54) is 0 Å². The van der Waals surface area contributed by atoms with Crippen LogP contribution < -0.4 is 10.6 Å². The summed E-state index contributed by atoms with van der Waals surface area (Å²) in [6, 6.07) is 7.79. The Morgan fingerprint density at radius 2 is 2.26 bits per heavy atom. The molecule has 0 saturated heterocycles. The molecule has 3 atom stereocenters. The Morgan fingerprint density at radius 1 is 1.48 bits per heavy atom. The highest BCUT2D eigenvalue weighted by molar-refractivity contribution is 5.94. The molecule has 2 aromatic rings. The fourth-order valence-electron chi connectivity index (χ4n) is 2.48. The highest BCUT2D eigenvalue weighted by atomic mass is 16.5. The average molecular weight is 314 g/mol. The second kappa shape index (κ2) is 6.50. The Bertz CT molecular complexity index is 697. The fourth-order valence-corrected chi connectivity index (χ4v) is 2.48. The molecule has 3 unspecified atom stereocenters. The van der Waals surface area contributed by atoms with E-state index >= 15 is 0 Å². The molecule has 6 nitrogen and oxygen atoms in total. The van der Waals surface area contributed by atoms with Gasteiger partial charge in [-0.3, -0.25) is 4.79 Å². The predicted octanol–water partition coefficient (Wildman–Crippen LogP) is 2.48. The number of benzene rings is 1. The highest BCUT2D eigenvalue weighted by Crippen LogP contribution is 2.38. The van der Waals surface area contributed by atoms with Crippen LogP contribution in [0.3, 0.4) is 0 Å². The normalized spacial score (nSPS) is 21.0. The maximum absolute atomic E-state index is 12.0. The van der Waals surface area contributed by atoms with Crippen LogP contribution >= 0.6 is 0 Å². The standard InChI is InChI=1S/C17H22N4O2/c1-10-7-14(10)16(22)19-13-6-4-5-12(9-13)17-20-15(21-23-17)8-11(2)18-3/h4-6,9-11,14,18H,7-8H2,1-3H3,(H,19,22). The van der Waals surface area contributed by atoms with Gasteiger partial charge in [0.15, 0.2) is 5.82 Å². The minimum atomic E-state index is 0.0868. The molecule has 6 heteroatoms. The lowest BCUT2D eigenvalue weighted by Gasteiger charge is -2.05. The van der Waals surface area contributed by atoms with Crippen molar-refractivity contribution in [2.45, 2.75) is 32.7 Å². The third-order valence-corrected chi connectivity index (χ3v) is 4.27. The Kier molecular flexibility index (Phi) is 4.43. The van der Waals surface area contributed by atoms with Crippen molar-refractivity contribution in [3.05, 3.63) is 30.1 Å². The van der Waals surface area contributed by atoms with Gasteiger partial charge in [-0.1, -0.05) is 18.1 Å². The largest absolute Gasteiger partial charge is 0.334 e. The van der Waals surface area contributed by atoms with E-state index in [2.05, 4.69) is 34.6 Å². The average Bonchev–Trinajstić information content (AvgIpc) is 3.10. The number of carbonyl (C=O) groups excluding carboxylic acids is 1. The van der Waals surface area contributed by atoms with E-state index in [1.54, 1.807) is 0 Å². The zero-order chi connectivity index (χ0) is 16.4. The van der Waals surface area contributed by atoms with Gasteiger partial charge in [-0.15, -0.1) is 0 Å². The number of rotatable bonds is 6. The minimum absolute atomic E-state index is 0.0868. The maximum Gasteiger partial charge on any atom is 0.257 e. The Labute approximate surface area is 135 Å². The summed E-state index contributed by atoms with van der Waals surface area (Å²) in [6.07, 6.45) is 1.68. The molecule has 2 N–H and O–H groups in total. The van der Waals surface area contributed by atoms with Crippen LogP contribution in [0.4, 0.5) is 5.69 Å². The molecule has 1 fully saturated rings. The van der Waals surface area contributed by atoms with E-state index in [0.717, 1.165) is 17.7 Å². The third kappa shape index (κ3) is 3.76. The molecule has 1 aliphatic rings. The van der Waals surface area contributed by atoms with Crippen molar-refractivity contribution in [3.63, 3.8) is 0 Å². The summed E-state index contributed by atoms with van der Waals surface area (Å²) in [7, 11) is 1.90. The van der Waals surface area contributed by atoms with Gasteiger partial charge in [0.25, 0.3) is 5.89 Å². The van der Waals surface area contributed by atoms with Crippen molar-refractivity contribution < 1.29 is 9.32 Å². The van der Waals surface area contributed by atoms with Gasteiger partial charge < -0.3 is 15.2 Å². The van der Waals surface area contributed by atoms with Gasteiger partial charge in [-0.2, -0.15) is 4.98 Å². The van der Waals surface area contributed by atoms with Gasteiger partial charge in [-0.05, 0) is 44.5 Å². The van der Waals surface area contributed by atoms with Gasteiger partial charge in [0.1, 0.15) is 0 Å². The van der Waals surface area contributed by atoms with Crippen LogP contribution in [0.1, 0.15) is 26.1 Å². The lowest BCUT2D eigenvalue weighted by molar-refractivity contribution is -0.117. The maximum atomic E-state index is 12.0. The number of amides is 1. The summed E-state index contributed by atoms with van der Waals surface area (Å²) in [5.74, 6) is 1.87. The third-order valence-electron chi connectivity index (χ3n) is 4.27. The monoisotopic (exact) mass is 314 g/mol. The Morgan fingerprint density at radius 3 is 2.96 bits per heavy atom. The number of nitrogens with zero attached hydrogens (tertiary/aromatic N) is 2. The summed E-state index contributed by atoms with van der Waals surface area (Å²) < 4.78 is 5.33. The molecule has 0 aliphatic heterocycles. The molecule has 1 aliphatic carbocycles. The molecule has 1 amide bonds. The number of hydrogen-bond donors (Lipinski definition) is 2. The predicted molar refractivity (Wildman–Crippen MR) is 87.9 cm³/mol. The highest BCUT2D eigenvalue weighted by Gasteiger charge is 2.39. The second-order valence-electron chi connectivity index (χ2n) is 6.30. The number of anilines is 1. The number of aromatic nitrogens is 2. The van der Waals surface area contributed by atoms with E-state index in [4.69, 9.17) is 4.52 Å². The number of carbonyl (C=O) groups is 1. The summed E-state index contributed by atoms with van der Waals surface area (Å²) in [6.45, 7) is 4.15. The van der Waals surface area contributed by atoms with Gasteiger partial charge >= 0.3 is 0 Å². The van der Waals surface area contributed by atoms with Crippen LogP contribution in [0.15, 0.2) is 28.8 Å². The summed E-state index contributed by atoms with van der Waals surface area (Å²) >= 11 is 0. The van der Waals surface area contributed by atoms with E-state index in [0.29, 0.717) is 24.1 Å². The topological polar surface area (TPSA) is 80.0 Å². The SMILES string of the molecule is CNC(C)Cc1noc(-c2cccc(NC(=O)C3CC3C)c2)n1. The number of hydrogen-bond acceptors (Lipinski definition) is 5. The first-order valence-corrected chi connectivity index (χ1v) is 7.98. The molecule has 23 heavy (non-hydrogen) atoms. The van der Waals surface area contributed by atoms with Crippen molar-refractivity contribution >= 4 is 11.6 Å². The van der Waals surface area contributed by atoms with Crippen molar-refractivity contribution in [1.82, 2.24) is 15.5 Å². The van der Waals surface area contributed by atoms with Crippen LogP contribution in [0.2, 0.25) is 0 Å². The van der Waals surface area contributed by atoms with E-state index in [-0.39, 0.29) is 17.9 Å². The summed E-state index contributed by atoms with van der Waals surface area (Å²) in [5, 5.41) is 10.1. The smallest absolute Gasteiger partial charge is 0.257 e. The molecule has 1 aromatic carbocycles. The Hall–Kier alpha value is -2.21. The van der Waals surface area contributed by atoms with Gasteiger partial charge in [0, 0.05) is 29.6 Å². The molecular formula is C17H22N4O2. The van der Waals surface area contributed by atoms with E-state index in [9.17, 15) is 4.79 Å². The summed E-state index contributed by atoms with van der Waals surface area (Å²) in [5.41, 5.74) is 1.57. The van der Waals surface area contributed by atoms with Gasteiger partial charge in [-0.25, -0.2) is 0 Å². The first-order valence-electron chi connectivity index (χ1n) is 7.98. The molecule has 1 heterocycles. The second-order valence-corrected chi connectivity index (χ2v) is 6.30. The lowest BCUT2D eigenvalue weighted by atomic mass is 10.2. The zero-order valence-corrected chi connectivity index (χ0v) is 13.7. The van der Waals surface area contributed by atoms with Crippen LogP contribution in [-0.4, -0.2) is 29.1 Å². The van der Waals surface area contributed by atoms with Crippen molar-refractivity contribution in [1.29, 1.82) is 0 Å². The number of nitrogens with one attached hydrogen (secondary N) is 2. The minimum Gasteiger partial charge on any atom is -0.334 e. The van der Waals surface area contributed by atoms with Crippen LogP contribution in [0.5, 0.6) is 0 Å². The van der Waals surface area contributed by atoms with Crippen molar-refractivity contribution in [2.75, 3.05) is 12.4 Å². The van der Waals surface area contributed by atoms with Gasteiger partial charge in [0.2, 0.25) is 5.91 Å². The molecular weight excluding hydrogens is 292 g/mol. The lowest BCUT2D eigenvalue weighted by Crippen LogP contribution is -2.24. The first-order chi connectivity index (χ1) is 11.1. The Balaban J connectivity index is 1.70. The zero-order valence-electron chi connectivity index (χ0n) is 13.7.